The number of benzene rings is 1. The number of carbonyl (C=O) groups excluding carboxylic acids is 2. The highest BCUT2D eigenvalue weighted by atomic mass is 35.5. The molecule has 0 unspecified atom stereocenters. The van der Waals surface area contributed by atoms with E-state index in [9.17, 15) is 9.59 Å². The number of amides is 2. The molecule has 0 spiro atoms. The Morgan fingerprint density at radius 2 is 1.92 bits per heavy atom. The second-order valence-electron chi connectivity index (χ2n) is 6.02. The van der Waals surface area contributed by atoms with E-state index < -0.39 is 0 Å². The second-order valence-corrected chi connectivity index (χ2v) is 6.96. The van der Waals surface area contributed by atoms with E-state index in [1.807, 2.05) is 17.0 Å². The quantitative estimate of drug-likeness (QED) is 0.815. The van der Waals surface area contributed by atoms with Crippen molar-refractivity contribution < 1.29 is 9.59 Å². The summed E-state index contributed by atoms with van der Waals surface area (Å²) in [5.74, 6) is -0.337. The predicted molar refractivity (Wildman–Crippen MR) is 106 cm³/mol. The maximum Gasteiger partial charge on any atom is 0.275 e. The number of halogens is 1. The van der Waals surface area contributed by atoms with Gasteiger partial charge in [-0.25, -0.2) is 4.98 Å². The molecular weight excluding hydrogens is 372 g/mol. The van der Waals surface area contributed by atoms with Crippen LogP contribution in [0, 0.1) is 0 Å². The van der Waals surface area contributed by atoms with Crippen LogP contribution in [-0.4, -0.2) is 41.3 Å². The number of nitrogens with zero attached hydrogens (tertiary/aromatic N) is 2. The summed E-state index contributed by atoms with van der Waals surface area (Å²) in [6.07, 6.45) is 3.88. The molecule has 1 aliphatic rings. The van der Waals surface area contributed by atoms with Gasteiger partial charge >= 0.3 is 0 Å². The number of hydrogen-bond donors (Lipinski definition) is 2. The van der Waals surface area contributed by atoms with Gasteiger partial charge in [0.15, 0.2) is 0 Å². The van der Waals surface area contributed by atoms with Crippen molar-refractivity contribution >= 4 is 41.2 Å². The standard InChI is InChI=1S/C18H22N4O2S.ClH/c19-9-8-16-20-15(12-25-16)17(23)21-14-7-3-2-6-13(14)18(24)22-10-4-1-5-11-22;/h2-3,6-7,12H,1,4-5,8-11,19H2,(H,21,23);1H. The summed E-state index contributed by atoms with van der Waals surface area (Å²) in [6, 6.07) is 7.13. The predicted octanol–water partition coefficient (Wildman–Crippen LogP) is 2.94. The zero-order valence-corrected chi connectivity index (χ0v) is 16.1. The van der Waals surface area contributed by atoms with Crippen LogP contribution in [0.4, 0.5) is 5.69 Å². The minimum atomic E-state index is -0.307. The Bertz CT molecular complexity index is 759. The first kappa shape index (κ1) is 20.4. The molecule has 0 atom stereocenters. The lowest BCUT2D eigenvalue weighted by Gasteiger charge is -2.27. The molecule has 0 saturated carbocycles. The Morgan fingerprint density at radius 1 is 1.19 bits per heavy atom. The molecule has 2 aromatic rings. The smallest absolute Gasteiger partial charge is 0.275 e. The van der Waals surface area contributed by atoms with E-state index in [0.29, 0.717) is 29.9 Å². The first-order valence-electron chi connectivity index (χ1n) is 8.53. The number of piperidine rings is 1. The van der Waals surface area contributed by atoms with E-state index in [2.05, 4.69) is 10.3 Å². The molecule has 6 nitrogen and oxygen atoms in total. The van der Waals surface area contributed by atoms with Crippen LogP contribution < -0.4 is 11.1 Å². The highest BCUT2D eigenvalue weighted by molar-refractivity contribution is 7.09. The van der Waals surface area contributed by atoms with E-state index in [0.717, 1.165) is 37.4 Å². The van der Waals surface area contributed by atoms with Gasteiger partial charge in [-0.15, -0.1) is 23.7 Å². The fourth-order valence-corrected chi connectivity index (χ4v) is 3.68. The Kier molecular flexibility index (Phi) is 7.56. The molecule has 1 aliphatic heterocycles. The van der Waals surface area contributed by atoms with Gasteiger partial charge in [0.2, 0.25) is 0 Å². The monoisotopic (exact) mass is 394 g/mol. The molecule has 0 aliphatic carbocycles. The van der Waals surface area contributed by atoms with Gasteiger partial charge in [-0.05, 0) is 37.9 Å². The number of para-hydroxylation sites is 1. The Hall–Kier alpha value is -1.96. The van der Waals surface area contributed by atoms with Crippen molar-refractivity contribution in [2.45, 2.75) is 25.7 Å². The number of hydrogen-bond acceptors (Lipinski definition) is 5. The lowest BCUT2D eigenvalue weighted by Crippen LogP contribution is -2.36. The van der Waals surface area contributed by atoms with E-state index in [1.165, 1.54) is 11.3 Å². The number of rotatable bonds is 5. The number of aromatic nitrogens is 1. The normalized spacial score (nSPS) is 13.8. The molecule has 1 saturated heterocycles. The average molecular weight is 395 g/mol. The topological polar surface area (TPSA) is 88.3 Å². The van der Waals surface area contributed by atoms with Crippen LogP contribution in [0.3, 0.4) is 0 Å². The average Bonchev–Trinajstić information content (AvgIpc) is 3.11. The van der Waals surface area contributed by atoms with Crippen LogP contribution in [0.15, 0.2) is 29.6 Å². The van der Waals surface area contributed by atoms with Gasteiger partial charge in [0.1, 0.15) is 5.69 Å². The highest BCUT2D eigenvalue weighted by Gasteiger charge is 2.21. The molecule has 140 valence electrons. The summed E-state index contributed by atoms with van der Waals surface area (Å²) >= 11 is 1.42. The third-order valence-electron chi connectivity index (χ3n) is 4.19. The van der Waals surface area contributed by atoms with Gasteiger partial charge in [0.05, 0.1) is 16.3 Å². The third-order valence-corrected chi connectivity index (χ3v) is 5.10. The molecule has 2 amide bonds. The van der Waals surface area contributed by atoms with E-state index in [-0.39, 0.29) is 24.2 Å². The zero-order valence-electron chi connectivity index (χ0n) is 14.4. The number of nitrogens with two attached hydrogens (primary N) is 1. The number of anilines is 1. The van der Waals surface area contributed by atoms with Crippen molar-refractivity contribution in [3.63, 3.8) is 0 Å². The van der Waals surface area contributed by atoms with Gasteiger partial charge in [-0.1, -0.05) is 12.1 Å². The number of nitrogens with one attached hydrogen (secondary N) is 1. The molecule has 1 aromatic heterocycles. The second kappa shape index (κ2) is 9.66. The van der Waals surface area contributed by atoms with Crippen molar-refractivity contribution in [1.29, 1.82) is 0 Å². The van der Waals surface area contributed by atoms with Crippen LogP contribution in [-0.2, 0) is 6.42 Å². The molecule has 1 fully saturated rings. The van der Waals surface area contributed by atoms with Crippen molar-refractivity contribution in [2.24, 2.45) is 5.73 Å². The van der Waals surface area contributed by atoms with Gasteiger partial charge in [0.25, 0.3) is 11.8 Å². The fraction of sp³-hybridized carbons (Fsp3) is 0.389. The fourth-order valence-electron chi connectivity index (χ4n) is 2.89. The number of likely N-dealkylation sites (tertiary alicyclic amines) is 1. The first-order valence-corrected chi connectivity index (χ1v) is 9.41. The molecule has 3 rings (SSSR count). The zero-order chi connectivity index (χ0) is 17.6. The SMILES string of the molecule is Cl.NCCc1nc(C(=O)Nc2ccccc2C(=O)N2CCCCC2)cs1. The van der Waals surface area contributed by atoms with Crippen molar-refractivity contribution in [3.8, 4) is 0 Å². The lowest BCUT2D eigenvalue weighted by atomic mass is 10.1. The van der Waals surface area contributed by atoms with E-state index in [1.54, 1.807) is 17.5 Å². The van der Waals surface area contributed by atoms with Crippen LogP contribution in [0.1, 0.15) is 45.1 Å². The summed E-state index contributed by atoms with van der Waals surface area (Å²) < 4.78 is 0. The van der Waals surface area contributed by atoms with Crippen molar-refractivity contribution in [2.75, 3.05) is 25.0 Å². The van der Waals surface area contributed by atoms with Crippen LogP contribution in [0.5, 0.6) is 0 Å². The molecular formula is C18H23ClN4O2S. The van der Waals surface area contributed by atoms with Crippen molar-refractivity contribution in [1.82, 2.24) is 9.88 Å². The summed E-state index contributed by atoms with van der Waals surface area (Å²) in [4.78, 5) is 31.4. The Labute approximate surface area is 163 Å². The summed E-state index contributed by atoms with van der Waals surface area (Å²) in [7, 11) is 0. The van der Waals surface area contributed by atoms with Crippen molar-refractivity contribution in [3.05, 3.63) is 45.9 Å². The lowest BCUT2D eigenvalue weighted by molar-refractivity contribution is 0.0725. The minimum Gasteiger partial charge on any atom is -0.339 e. The maximum atomic E-state index is 12.8. The Balaban J connectivity index is 0.00000243. The van der Waals surface area contributed by atoms with E-state index >= 15 is 0 Å². The number of carbonyl (C=O) groups is 2. The third kappa shape index (κ3) is 4.81. The highest BCUT2D eigenvalue weighted by Crippen LogP contribution is 2.21. The largest absolute Gasteiger partial charge is 0.339 e. The van der Waals surface area contributed by atoms with E-state index in [4.69, 9.17) is 5.73 Å². The van der Waals surface area contributed by atoms with Gasteiger partial charge in [-0.3, -0.25) is 9.59 Å². The molecule has 0 bridgehead atoms. The molecule has 0 radical (unpaired) electrons. The molecule has 1 aromatic carbocycles. The minimum absolute atomic E-state index is 0. The maximum absolute atomic E-state index is 12.8. The summed E-state index contributed by atoms with van der Waals surface area (Å²) in [6.45, 7) is 2.05. The summed E-state index contributed by atoms with van der Waals surface area (Å²) in [5, 5.41) is 5.38. The molecule has 26 heavy (non-hydrogen) atoms. The summed E-state index contributed by atoms with van der Waals surface area (Å²) in [5.41, 5.74) is 6.92. The molecule has 2 heterocycles. The Morgan fingerprint density at radius 3 is 2.65 bits per heavy atom. The van der Waals surface area contributed by atoms with Crippen LogP contribution in [0.25, 0.3) is 0 Å². The van der Waals surface area contributed by atoms with Gasteiger partial charge in [-0.2, -0.15) is 0 Å². The molecule has 3 N–H and O–H groups in total. The van der Waals surface area contributed by atoms with Gasteiger partial charge in [0, 0.05) is 24.9 Å². The van der Waals surface area contributed by atoms with Gasteiger partial charge < -0.3 is 16.0 Å². The molecule has 8 heteroatoms. The van der Waals surface area contributed by atoms with Crippen LogP contribution in [0.2, 0.25) is 0 Å². The first-order chi connectivity index (χ1) is 12.2. The number of thiazole rings is 1. The van der Waals surface area contributed by atoms with Crippen LogP contribution >= 0.6 is 23.7 Å².